The predicted molar refractivity (Wildman–Crippen MR) is 82.4 cm³/mol. The van der Waals surface area contributed by atoms with E-state index in [1.165, 1.54) is 19.3 Å². The second-order valence-electron chi connectivity index (χ2n) is 6.26. The first-order valence-corrected chi connectivity index (χ1v) is 8.11. The Morgan fingerprint density at radius 1 is 1.14 bits per heavy atom. The summed E-state index contributed by atoms with van der Waals surface area (Å²) in [6.07, 6.45) is 7.58. The van der Waals surface area contributed by atoms with Gasteiger partial charge in [0.1, 0.15) is 5.82 Å². The van der Waals surface area contributed by atoms with E-state index in [-0.39, 0.29) is 5.91 Å². The van der Waals surface area contributed by atoms with E-state index in [2.05, 4.69) is 21.8 Å². The van der Waals surface area contributed by atoms with Crippen LogP contribution in [-0.2, 0) is 0 Å². The van der Waals surface area contributed by atoms with Gasteiger partial charge >= 0.3 is 0 Å². The van der Waals surface area contributed by atoms with Crippen LogP contribution in [0.15, 0.2) is 12.3 Å². The Kier molecular flexibility index (Phi) is 4.36. The average Bonchev–Trinajstić information content (AvgIpc) is 2.56. The van der Waals surface area contributed by atoms with Crippen molar-refractivity contribution in [1.29, 1.82) is 0 Å². The first-order chi connectivity index (χ1) is 10.2. The zero-order valence-electron chi connectivity index (χ0n) is 12.8. The Labute approximate surface area is 126 Å². The molecule has 0 aromatic carbocycles. The molecule has 2 aliphatic heterocycles. The summed E-state index contributed by atoms with van der Waals surface area (Å²) in [4.78, 5) is 25.4. The first kappa shape index (κ1) is 14.3. The standard InChI is InChI=1S/C16H24N4O/c1-13-6-11-20(12-7-13)16(21)15-17-8-5-14(18-15)19-9-3-2-4-10-19/h5,8,13H,2-4,6-7,9-12H2,1H3. The third-order valence-corrected chi connectivity index (χ3v) is 4.58. The Morgan fingerprint density at radius 2 is 1.86 bits per heavy atom. The molecule has 1 amide bonds. The molecule has 3 heterocycles. The number of aromatic nitrogens is 2. The molecule has 21 heavy (non-hydrogen) atoms. The summed E-state index contributed by atoms with van der Waals surface area (Å²) in [5.41, 5.74) is 0. The highest BCUT2D eigenvalue weighted by atomic mass is 16.2. The van der Waals surface area contributed by atoms with Crippen molar-refractivity contribution >= 4 is 11.7 Å². The van der Waals surface area contributed by atoms with Crippen molar-refractivity contribution in [3.05, 3.63) is 18.1 Å². The maximum atomic E-state index is 12.5. The first-order valence-electron chi connectivity index (χ1n) is 8.11. The minimum Gasteiger partial charge on any atom is -0.357 e. The summed E-state index contributed by atoms with van der Waals surface area (Å²) in [6, 6.07) is 1.92. The molecular weight excluding hydrogens is 264 g/mol. The highest BCUT2D eigenvalue weighted by Crippen LogP contribution is 2.19. The Balaban J connectivity index is 1.71. The number of piperidine rings is 2. The smallest absolute Gasteiger partial charge is 0.291 e. The third kappa shape index (κ3) is 3.34. The largest absolute Gasteiger partial charge is 0.357 e. The number of hydrogen-bond acceptors (Lipinski definition) is 4. The summed E-state index contributed by atoms with van der Waals surface area (Å²) >= 11 is 0. The lowest BCUT2D eigenvalue weighted by Crippen LogP contribution is -2.39. The summed E-state index contributed by atoms with van der Waals surface area (Å²) in [6.45, 7) is 5.97. The van der Waals surface area contributed by atoms with Crippen LogP contribution in [0, 0.1) is 5.92 Å². The zero-order valence-corrected chi connectivity index (χ0v) is 12.8. The Bertz CT molecular complexity index is 491. The average molecular weight is 288 g/mol. The molecule has 5 nitrogen and oxygen atoms in total. The van der Waals surface area contributed by atoms with Crippen LogP contribution in [0.2, 0.25) is 0 Å². The number of nitrogens with zero attached hydrogens (tertiary/aromatic N) is 4. The molecule has 2 aliphatic rings. The van der Waals surface area contributed by atoms with Crippen LogP contribution in [0.25, 0.3) is 0 Å². The van der Waals surface area contributed by atoms with Crippen molar-refractivity contribution in [2.75, 3.05) is 31.1 Å². The van der Waals surface area contributed by atoms with Gasteiger partial charge in [0.2, 0.25) is 5.82 Å². The fourth-order valence-electron chi connectivity index (χ4n) is 3.10. The van der Waals surface area contributed by atoms with Crippen molar-refractivity contribution in [1.82, 2.24) is 14.9 Å². The van der Waals surface area contributed by atoms with Crippen molar-refractivity contribution in [2.45, 2.75) is 39.0 Å². The van der Waals surface area contributed by atoms with E-state index in [4.69, 9.17) is 0 Å². The molecule has 0 N–H and O–H groups in total. The van der Waals surface area contributed by atoms with Crippen LogP contribution in [-0.4, -0.2) is 47.0 Å². The lowest BCUT2D eigenvalue weighted by atomic mass is 9.99. The van der Waals surface area contributed by atoms with Gasteiger partial charge in [0.15, 0.2) is 0 Å². The molecule has 2 saturated heterocycles. The maximum absolute atomic E-state index is 12.5. The molecule has 2 fully saturated rings. The van der Waals surface area contributed by atoms with Crippen molar-refractivity contribution in [3.63, 3.8) is 0 Å². The molecule has 0 spiro atoms. The number of rotatable bonds is 2. The molecule has 3 rings (SSSR count). The second kappa shape index (κ2) is 6.41. The van der Waals surface area contributed by atoms with Crippen LogP contribution < -0.4 is 4.90 Å². The normalized spacial score (nSPS) is 20.6. The minimum absolute atomic E-state index is 0.0132. The molecule has 5 heteroatoms. The molecular formula is C16H24N4O. The zero-order chi connectivity index (χ0) is 14.7. The SMILES string of the molecule is CC1CCN(C(=O)c2nccc(N3CCCCC3)n2)CC1. The van der Waals surface area contributed by atoms with Gasteiger partial charge in [-0.3, -0.25) is 4.79 Å². The van der Waals surface area contributed by atoms with Gasteiger partial charge < -0.3 is 9.80 Å². The summed E-state index contributed by atoms with van der Waals surface area (Å²) < 4.78 is 0. The van der Waals surface area contributed by atoms with Gasteiger partial charge in [-0.1, -0.05) is 6.92 Å². The van der Waals surface area contributed by atoms with E-state index in [1.807, 2.05) is 11.0 Å². The van der Waals surface area contributed by atoms with E-state index in [9.17, 15) is 4.79 Å². The summed E-state index contributed by atoms with van der Waals surface area (Å²) in [5, 5.41) is 0. The third-order valence-electron chi connectivity index (χ3n) is 4.58. The molecule has 1 aromatic rings. The molecule has 0 atom stereocenters. The van der Waals surface area contributed by atoms with E-state index >= 15 is 0 Å². The van der Waals surface area contributed by atoms with Gasteiger partial charge in [0.05, 0.1) is 0 Å². The van der Waals surface area contributed by atoms with Gasteiger partial charge in [-0.15, -0.1) is 0 Å². The van der Waals surface area contributed by atoms with Crippen LogP contribution in [0.5, 0.6) is 0 Å². The minimum atomic E-state index is -0.0132. The van der Waals surface area contributed by atoms with Crippen LogP contribution in [0.4, 0.5) is 5.82 Å². The Hall–Kier alpha value is -1.65. The lowest BCUT2D eigenvalue weighted by molar-refractivity contribution is 0.0685. The van der Waals surface area contributed by atoms with E-state index in [1.54, 1.807) is 6.20 Å². The summed E-state index contributed by atoms with van der Waals surface area (Å²) in [7, 11) is 0. The maximum Gasteiger partial charge on any atom is 0.291 e. The number of carbonyl (C=O) groups excluding carboxylic acids is 1. The quantitative estimate of drug-likeness (QED) is 0.838. The number of amides is 1. The van der Waals surface area contributed by atoms with E-state index < -0.39 is 0 Å². The second-order valence-corrected chi connectivity index (χ2v) is 6.26. The van der Waals surface area contributed by atoms with Gasteiger partial charge in [-0.25, -0.2) is 9.97 Å². The van der Waals surface area contributed by atoms with Crippen LogP contribution >= 0.6 is 0 Å². The number of carbonyl (C=O) groups is 1. The number of likely N-dealkylation sites (tertiary alicyclic amines) is 1. The number of hydrogen-bond donors (Lipinski definition) is 0. The number of anilines is 1. The molecule has 0 unspecified atom stereocenters. The van der Waals surface area contributed by atoms with Crippen molar-refractivity contribution in [2.24, 2.45) is 5.92 Å². The predicted octanol–water partition coefficient (Wildman–Crippen LogP) is 2.34. The molecule has 114 valence electrons. The molecule has 0 bridgehead atoms. The highest BCUT2D eigenvalue weighted by Gasteiger charge is 2.24. The van der Waals surface area contributed by atoms with E-state index in [0.717, 1.165) is 50.8 Å². The topological polar surface area (TPSA) is 49.3 Å². The molecule has 0 aliphatic carbocycles. The van der Waals surface area contributed by atoms with Crippen LogP contribution in [0.3, 0.4) is 0 Å². The Morgan fingerprint density at radius 3 is 2.57 bits per heavy atom. The lowest BCUT2D eigenvalue weighted by Gasteiger charge is -2.30. The van der Waals surface area contributed by atoms with Gasteiger partial charge in [-0.2, -0.15) is 0 Å². The van der Waals surface area contributed by atoms with Crippen molar-refractivity contribution in [3.8, 4) is 0 Å². The fraction of sp³-hybridized carbons (Fsp3) is 0.688. The molecule has 0 radical (unpaired) electrons. The summed E-state index contributed by atoms with van der Waals surface area (Å²) in [5.74, 6) is 1.96. The van der Waals surface area contributed by atoms with Gasteiger partial charge in [0, 0.05) is 32.4 Å². The molecule has 1 aromatic heterocycles. The van der Waals surface area contributed by atoms with Crippen LogP contribution in [0.1, 0.15) is 49.6 Å². The fourth-order valence-corrected chi connectivity index (χ4v) is 3.10. The molecule has 0 saturated carbocycles. The van der Waals surface area contributed by atoms with Crippen molar-refractivity contribution < 1.29 is 4.79 Å². The van der Waals surface area contributed by atoms with Gasteiger partial charge in [-0.05, 0) is 44.1 Å². The van der Waals surface area contributed by atoms with Gasteiger partial charge in [0.25, 0.3) is 5.91 Å². The highest BCUT2D eigenvalue weighted by molar-refractivity contribution is 5.90. The monoisotopic (exact) mass is 288 g/mol. The van der Waals surface area contributed by atoms with E-state index in [0.29, 0.717) is 5.82 Å².